The highest BCUT2D eigenvalue weighted by Crippen LogP contribution is 2.30. The molecule has 136 valence electrons. The normalized spacial score (nSPS) is 51.7. The molecule has 2 aliphatic heterocycles. The minimum absolute atomic E-state index is 0.417. The Labute approximate surface area is 132 Å². The number of hydrogen-bond acceptors (Lipinski definition) is 10. The van der Waals surface area contributed by atoms with Crippen LogP contribution in [-0.4, -0.2) is 104 Å². The van der Waals surface area contributed by atoms with Crippen molar-refractivity contribution >= 4 is 0 Å². The molecule has 2 heterocycles. The van der Waals surface area contributed by atoms with Crippen molar-refractivity contribution < 1.29 is 50.0 Å². The predicted octanol–water partition coefficient (Wildman–Crippen LogP) is -4.12. The van der Waals surface area contributed by atoms with Crippen molar-refractivity contribution in [1.29, 1.82) is 0 Å². The van der Waals surface area contributed by atoms with Gasteiger partial charge in [-0.3, -0.25) is 0 Å². The van der Waals surface area contributed by atoms with Crippen LogP contribution in [0.1, 0.15) is 6.92 Å². The average Bonchev–Trinajstić information content (AvgIpc) is 2.55. The van der Waals surface area contributed by atoms with E-state index in [0.29, 0.717) is 0 Å². The Balaban J connectivity index is 2.11. The number of rotatable bonds is 4. The van der Waals surface area contributed by atoms with Gasteiger partial charge in [0.25, 0.3) is 0 Å². The lowest BCUT2D eigenvalue weighted by atomic mass is 9.91. The standard InChI is InChI=1S/C13H24O10/c1-4-5(2-14)22-13(10(19)7(4)16)23-11-6(3-15)21-12(20)9(18)8(11)17/h4-20H,2-3H2,1H3/t4-,5?,6?,7?,8?,9?,10?,11-,12+,13-/m0/s1. The molecular weight excluding hydrogens is 316 g/mol. The van der Waals surface area contributed by atoms with Crippen LogP contribution < -0.4 is 0 Å². The Hall–Kier alpha value is -0.400. The van der Waals surface area contributed by atoms with E-state index < -0.39 is 74.4 Å². The van der Waals surface area contributed by atoms with Crippen LogP contribution in [0.2, 0.25) is 0 Å². The Morgan fingerprint density at radius 1 is 0.783 bits per heavy atom. The first kappa shape index (κ1) is 18.9. The Morgan fingerprint density at radius 3 is 1.96 bits per heavy atom. The molecule has 23 heavy (non-hydrogen) atoms. The third kappa shape index (κ3) is 3.66. The van der Waals surface area contributed by atoms with Crippen LogP contribution in [0.5, 0.6) is 0 Å². The molecule has 0 aliphatic carbocycles. The minimum Gasteiger partial charge on any atom is -0.394 e. The zero-order valence-corrected chi connectivity index (χ0v) is 12.5. The van der Waals surface area contributed by atoms with Crippen LogP contribution in [-0.2, 0) is 14.2 Å². The molecule has 2 rings (SSSR count). The summed E-state index contributed by atoms with van der Waals surface area (Å²) in [6.07, 6.45) is -12.4. The molecule has 0 aromatic rings. The molecule has 0 saturated carbocycles. The molecule has 7 N–H and O–H groups in total. The quantitative estimate of drug-likeness (QED) is 0.267. The minimum atomic E-state index is -1.70. The first-order valence-corrected chi connectivity index (χ1v) is 7.40. The van der Waals surface area contributed by atoms with Crippen molar-refractivity contribution in [3.8, 4) is 0 Å². The van der Waals surface area contributed by atoms with Gasteiger partial charge in [0.05, 0.1) is 25.4 Å². The molecule has 10 heteroatoms. The zero-order valence-electron chi connectivity index (χ0n) is 12.5. The van der Waals surface area contributed by atoms with Crippen LogP contribution in [0.15, 0.2) is 0 Å². The molecular formula is C13H24O10. The van der Waals surface area contributed by atoms with E-state index in [1.54, 1.807) is 6.92 Å². The summed E-state index contributed by atoms with van der Waals surface area (Å²) >= 11 is 0. The smallest absolute Gasteiger partial charge is 0.187 e. The first-order valence-electron chi connectivity index (χ1n) is 7.40. The summed E-state index contributed by atoms with van der Waals surface area (Å²) in [5, 5.41) is 67.6. The summed E-state index contributed by atoms with van der Waals surface area (Å²) < 4.78 is 15.7. The maximum atomic E-state index is 10.0. The van der Waals surface area contributed by atoms with Gasteiger partial charge >= 0.3 is 0 Å². The fourth-order valence-electron chi connectivity index (χ4n) is 2.78. The van der Waals surface area contributed by atoms with Crippen molar-refractivity contribution in [1.82, 2.24) is 0 Å². The molecule has 2 fully saturated rings. The van der Waals surface area contributed by atoms with E-state index in [2.05, 4.69) is 0 Å². The second-order valence-corrected chi connectivity index (χ2v) is 5.90. The van der Waals surface area contributed by atoms with Gasteiger partial charge in [-0.1, -0.05) is 6.92 Å². The number of aliphatic hydroxyl groups is 7. The van der Waals surface area contributed by atoms with E-state index in [4.69, 9.17) is 14.2 Å². The summed E-state index contributed by atoms with van der Waals surface area (Å²) in [6.45, 7) is 0.538. The molecule has 2 aliphatic rings. The van der Waals surface area contributed by atoms with Gasteiger partial charge in [0.2, 0.25) is 0 Å². The molecule has 0 aromatic heterocycles. The van der Waals surface area contributed by atoms with E-state index in [0.717, 1.165) is 0 Å². The van der Waals surface area contributed by atoms with Gasteiger partial charge in [0.1, 0.15) is 30.5 Å². The lowest BCUT2D eigenvalue weighted by Crippen LogP contribution is -2.63. The molecule has 2 saturated heterocycles. The molecule has 0 radical (unpaired) electrons. The van der Waals surface area contributed by atoms with Crippen LogP contribution >= 0.6 is 0 Å². The second-order valence-electron chi connectivity index (χ2n) is 5.90. The van der Waals surface area contributed by atoms with E-state index in [1.165, 1.54) is 0 Å². The largest absolute Gasteiger partial charge is 0.394 e. The fourth-order valence-corrected chi connectivity index (χ4v) is 2.78. The summed E-state index contributed by atoms with van der Waals surface area (Å²) in [6, 6.07) is 0. The summed E-state index contributed by atoms with van der Waals surface area (Å²) in [5.74, 6) is -0.552. The number of ether oxygens (including phenoxy) is 3. The molecule has 0 aromatic carbocycles. The Morgan fingerprint density at radius 2 is 1.39 bits per heavy atom. The third-order valence-corrected chi connectivity index (χ3v) is 4.37. The highest BCUT2D eigenvalue weighted by atomic mass is 16.7. The van der Waals surface area contributed by atoms with Gasteiger partial charge in [-0.25, -0.2) is 0 Å². The lowest BCUT2D eigenvalue weighted by molar-refractivity contribution is -0.350. The number of aliphatic hydroxyl groups excluding tert-OH is 7. The van der Waals surface area contributed by atoms with Gasteiger partial charge in [0, 0.05) is 5.92 Å². The molecule has 10 atom stereocenters. The van der Waals surface area contributed by atoms with Crippen molar-refractivity contribution in [2.24, 2.45) is 5.92 Å². The highest BCUT2D eigenvalue weighted by molar-refractivity contribution is 4.92. The van der Waals surface area contributed by atoms with Crippen molar-refractivity contribution in [3.05, 3.63) is 0 Å². The van der Waals surface area contributed by atoms with E-state index in [1.807, 2.05) is 0 Å². The predicted molar refractivity (Wildman–Crippen MR) is 71.8 cm³/mol. The van der Waals surface area contributed by atoms with Crippen molar-refractivity contribution in [2.75, 3.05) is 13.2 Å². The SMILES string of the molecule is C[C@H]1C(CO)O[C@@H](O[C@H]2C(CO)O[C@@H](O)C(O)C2O)C(O)C1O. The summed E-state index contributed by atoms with van der Waals surface area (Å²) in [7, 11) is 0. The molecule has 0 bridgehead atoms. The van der Waals surface area contributed by atoms with Crippen molar-refractivity contribution in [2.45, 2.75) is 62.2 Å². The topological polar surface area (TPSA) is 169 Å². The lowest BCUT2D eigenvalue weighted by Gasteiger charge is -2.45. The molecule has 10 nitrogen and oxygen atoms in total. The third-order valence-electron chi connectivity index (χ3n) is 4.37. The van der Waals surface area contributed by atoms with Crippen LogP contribution in [0.25, 0.3) is 0 Å². The van der Waals surface area contributed by atoms with Crippen LogP contribution in [0, 0.1) is 5.92 Å². The van der Waals surface area contributed by atoms with E-state index in [9.17, 15) is 35.7 Å². The number of hydrogen-bond donors (Lipinski definition) is 7. The fraction of sp³-hybridized carbons (Fsp3) is 1.00. The van der Waals surface area contributed by atoms with Gasteiger partial charge in [-0.05, 0) is 0 Å². The van der Waals surface area contributed by atoms with E-state index in [-0.39, 0.29) is 0 Å². The molecule has 6 unspecified atom stereocenters. The Bertz CT molecular complexity index is 378. The monoisotopic (exact) mass is 340 g/mol. The summed E-state index contributed by atoms with van der Waals surface area (Å²) in [5.41, 5.74) is 0. The van der Waals surface area contributed by atoms with Crippen molar-refractivity contribution in [3.63, 3.8) is 0 Å². The molecule has 0 amide bonds. The zero-order chi connectivity index (χ0) is 17.3. The van der Waals surface area contributed by atoms with Crippen LogP contribution in [0.4, 0.5) is 0 Å². The second kappa shape index (κ2) is 7.66. The van der Waals surface area contributed by atoms with Gasteiger partial charge in [-0.15, -0.1) is 0 Å². The maximum Gasteiger partial charge on any atom is 0.187 e. The molecule has 0 spiro atoms. The van der Waals surface area contributed by atoms with E-state index >= 15 is 0 Å². The van der Waals surface area contributed by atoms with Gasteiger partial charge in [-0.2, -0.15) is 0 Å². The van der Waals surface area contributed by atoms with Gasteiger partial charge in [0.15, 0.2) is 12.6 Å². The first-order chi connectivity index (χ1) is 10.8. The van der Waals surface area contributed by atoms with Gasteiger partial charge < -0.3 is 50.0 Å². The summed E-state index contributed by atoms with van der Waals surface area (Å²) in [4.78, 5) is 0. The average molecular weight is 340 g/mol. The maximum absolute atomic E-state index is 10.0. The Kier molecular flexibility index (Phi) is 6.30. The van der Waals surface area contributed by atoms with Crippen LogP contribution in [0.3, 0.4) is 0 Å². The highest BCUT2D eigenvalue weighted by Gasteiger charge is 2.49.